The van der Waals surface area contributed by atoms with Crippen LogP contribution in [0.25, 0.3) is 11.1 Å². The van der Waals surface area contributed by atoms with E-state index in [9.17, 15) is 4.79 Å². The predicted octanol–water partition coefficient (Wildman–Crippen LogP) is 5.99. The second-order valence-electron chi connectivity index (χ2n) is 9.75. The van der Waals surface area contributed by atoms with E-state index in [1.54, 1.807) is 0 Å². The molecule has 1 heterocycles. The second kappa shape index (κ2) is 9.62. The summed E-state index contributed by atoms with van der Waals surface area (Å²) < 4.78 is 6.50. The standard InChI is InChI=1S/C29H32N2O2/c1-20(32)30-27(29(2,3)4)28-31-25(19-21-11-7-5-8-12-21)26(33-28)24-17-15-23(16-18-24)22-13-9-6-10-14-22/h5-18,25-27H,19H2,1-4H3,(H,30,32)/t25-,26-,27?/m0/s1. The quantitative estimate of drug-likeness (QED) is 0.512. The molecule has 170 valence electrons. The van der Waals surface area contributed by atoms with Crippen molar-refractivity contribution in [2.24, 2.45) is 10.4 Å². The van der Waals surface area contributed by atoms with Gasteiger partial charge in [0.15, 0.2) is 0 Å². The summed E-state index contributed by atoms with van der Waals surface area (Å²) >= 11 is 0. The Morgan fingerprint density at radius 2 is 1.48 bits per heavy atom. The van der Waals surface area contributed by atoms with Gasteiger partial charge < -0.3 is 10.1 Å². The molecule has 4 heteroatoms. The van der Waals surface area contributed by atoms with Crippen LogP contribution in [-0.2, 0) is 16.0 Å². The lowest BCUT2D eigenvalue weighted by Crippen LogP contribution is -2.48. The van der Waals surface area contributed by atoms with Gasteiger partial charge in [0.2, 0.25) is 11.8 Å². The van der Waals surface area contributed by atoms with Gasteiger partial charge in [-0.15, -0.1) is 0 Å². The third-order valence-electron chi connectivity index (χ3n) is 5.98. The minimum absolute atomic E-state index is 0.0661. The van der Waals surface area contributed by atoms with E-state index >= 15 is 0 Å². The monoisotopic (exact) mass is 440 g/mol. The largest absolute Gasteiger partial charge is 0.469 e. The summed E-state index contributed by atoms with van der Waals surface area (Å²) in [7, 11) is 0. The van der Waals surface area contributed by atoms with Gasteiger partial charge in [0.05, 0.1) is 6.04 Å². The lowest BCUT2D eigenvalue weighted by Gasteiger charge is -2.31. The van der Waals surface area contributed by atoms with Crippen LogP contribution in [0, 0.1) is 5.41 Å². The molecule has 0 aromatic heterocycles. The number of nitrogens with zero attached hydrogens (tertiary/aromatic N) is 1. The Bertz CT molecular complexity index is 1100. The van der Waals surface area contributed by atoms with Gasteiger partial charge in [-0.25, -0.2) is 4.99 Å². The molecule has 0 bridgehead atoms. The minimum Gasteiger partial charge on any atom is -0.469 e. The van der Waals surface area contributed by atoms with E-state index in [4.69, 9.17) is 9.73 Å². The first-order valence-corrected chi connectivity index (χ1v) is 11.5. The molecule has 1 N–H and O–H groups in total. The molecular formula is C29H32N2O2. The van der Waals surface area contributed by atoms with Gasteiger partial charge in [0, 0.05) is 6.92 Å². The van der Waals surface area contributed by atoms with E-state index in [-0.39, 0.29) is 29.5 Å². The number of benzene rings is 3. The van der Waals surface area contributed by atoms with Gasteiger partial charge in [0.1, 0.15) is 12.1 Å². The van der Waals surface area contributed by atoms with Gasteiger partial charge in [-0.05, 0) is 34.1 Å². The molecule has 0 saturated heterocycles. The number of carbonyl (C=O) groups excluding carboxylic acids is 1. The molecule has 4 rings (SSSR count). The average molecular weight is 441 g/mol. The molecule has 0 aliphatic carbocycles. The Kier molecular flexibility index (Phi) is 6.64. The maximum atomic E-state index is 11.9. The number of nitrogens with one attached hydrogen (secondary N) is 1. The number of hydrogen-bond donors (Lipinski definition) is 1. The lowest BCUT2D eigenvalue weighted by atomic mass is 9.86. The fraction of sp³-hybridized carbons (Fsp3) is 0.310. The maximum absolute atomic E-state index is 11.9. The molecule has 3 atom stereocenters. The number of carbonyl (C=O) groups is 1. The summed E-state index contributed by atoms with van der Waals surface area (Å²) in [5, 5.41) is 3.05. The van der Waals surface area contributed by atoms with Crippen molar-refractivity contribution in [3.8, 4) is 11.1 Å². The Hall–Kier alpha value is -3.40. The van der Waals surface area contributed by atoms with Crippen molar-refractivity contribution in [2.45, 2.75) is 52.3 Å². The Morgan fingerprint density at radius 1 is 0.909 bits per heavy atom. The highest BCUT2D eigenvalue weighted by molar-refractivity contribution is 5.89. The van der Waals surface area contributed by atoms with Crippen LogP contribution in [0.5, 0.6) is 0 Å². The van der Waals surface area contributed by atoms with Crippen LogP contribution in [0.2, 0.25) is 0 Å². The zero-order valence-electron chi connectivity index (χ0n) is 19.8. The Balaban J connectivity index is 1.65. The smallest absolute Gasteiger partial charge is 0.217 e. The molecule has 4 nitrogen and oxygen atoms in total. The first kappa shape index (κ1) is 22.8. The molecular weight excluding hydrogens is 408 g/mol. The third-order valence-corrected chi connectivity index (χ3v) is 5.98. The van der Waals surface area contributed by atoms with Crippen LogP contribution < -0.4 is 5.32 Å². The van der Waals surface area contributed by atoms with Crippen molar-refractivity contribution in [1.82, 2.24) is 5.32 Å². The fourth-order valence-corrected chi connectivity index (χ4v) is 4.26. The molecule has 1 unspecified atom stereocenters. The first-order valence-electron chi connectivity index (χ1n) is 11.5. The summed E-state index contributed by atoms with van der Waals surface area (Å²) in [5.41, 5.74) is 4.43. The molecule has 1 amide bonds. The molecule has 3 aromatic rings. The van der Waals surface area contributed by atoms with Crippen molar-refractivity contribution < 1.29 is 9.53 Å². The summed E-state index contributed by atoms with van der Waals surface area (Å²) in [4.78, 5) is 17.0. The summed E-state index contributed by atoms with van der Waals surface area (Å²) in [6.07, 6.45) is 0.565. The predicted molar refractivity (Wildman–Crippen MR) is 134 cm³/mol. The van der Waals surface area contributed by atoms with Gasteiger partial charge in [-0.2, -0.15) is 0 Å². The van der Waals surface area contributed by atoms with E-state index in [2.05, 4.69) is 86.8 Å². The van der Waals surface area contributed by atoms with E-state index in [1.807, 2.05) is 24.3 Å². The van der Waals surface area contributed by atoms with E-state index < -0.39 is 0 Å². The van der Waals surface area contributed by atoms with Crippen LogP contribution in [-0.4, -0.2) is 23.9 Å². The summed E-state index contributed by atoms with van der Waals surface area (Å²) in [6, 6.07) is 28.9. The van der Waals surface area contributed by atoms with Crippen LogP contribution in [0.3, 0.4) is 0 Å². The van der Waals surface area contributed by atoms with Crippen LogP contribution in [0.1, 0.15) is 44.9 Å². The second-order valence-corrected chi connectivity index (χ2v) is 9.75. The fourth-order valence-electron chi connectivity index (χ4n) is 4.26. The van der Waals surface area contributed by atoms with E-state index in [0.29, 0.717) is 5.90 Å². The normalized spacial score (nSPS) is 18.8. The number of hydrogen-bond acceptors (Lipinski definition) is 3. The van der Waals surface area contributed by atoms with Crippen molar-refractivity contribution in [3.05, 3.63) is 96.1 Å². The summed E-state index contributed by atoms with van der Waals surface area (Å²) in [5.74, 6) is 0.521. The number of aliphatic imine (C=N–C) groups is 1. The van der Waals surface area contributed by atoms with Gasteiger partial charge >= 0.3 is 0 Å². The van der Waals surface area contributed by atoms with Crippen LogP contribution >= 0.6 is 0 Å². The zero-order valence-corrected chi connectivity index (χ0v) is 19.8. The van der Waals surface area contributed by atoms with Crippen molar-refractivity contribution in [3.63, 3.8) is 0 Å². The van der Waals surface area contributed by atoms with Gasteiger partial charge in [-0.3, -0.25) is 4.79 Å². The first-order chi connectivity index (χ1) is 15.8. The van der Waals surface area contributed by atoms with Gasteiger partial charge in [-0.1, -0.05) is 106 Å². The van der Waals surface area contributed by atoms with Crippen molar-refractivity contribution in [1.29, 1.82) is 0 Å². The molecule has 1 aliphatic rings. The van der Waals surface area contributed by atoms with Crippen LogP contribution in [0.15, 0.2) is 89.9 Å². The summed E-state index contributed by atoms with van der Waals surface area (Å²) in [6.45, 7) is 7.81. The molecule has 1 aliphatic heterocycles. The highest BCUT2D eigenvalue weighted by Crippen LogP contribution is 2.36. The SMILES string of the molecule is CC(=O)NC(C1=N[C@@H](Cc2ccccc2)[C@H](c2ccc(-c3ccccc3)cc2)O1)C(C)(C)C. The van der Waals surface area contributed by atoms with Gasteiger partial charge in [0.25, 0.3) is 0 Å². The maximum Gasteiger partial charge on any atom is 0.217 e. The molecule has 33 heavy (non-hydrogen) atoms. The number of ether oxygens (including phenoxy) is 1. The average Bonchev–Trinajstić information content (AvgIpc) is 3.21. The third kappa shape index (κ3) is 5.51. The molecule has 0 fully saturated rings. The topological polar surface area (TPSA) is 50.7 Å². The number of amides is 1. The Morgan fingerprint density at radius 3 is 2.06 bits per heavy atom. The molecule has 0 radical (unpaired) electrons. The minimum atomic E-state index is -0.290. The highest BCUT2D eigenvalue weighted by atomic mass is 16.5. The highest BCUT2D eigenvalue weighted by Gasteiger charge is 2.40. The number of rotatable bonds is 6. The molecule has 3 aromatic carbocycles. The van der Waals surface area contributed by atoms with Crippen molar-refractivity contribution in [2.75, 3.05) is 0 Å². The van der Waals surface area contributed by atoms with Crippen molar-refractivity contribution >= 4 is 11.8 Å². The molecule has 0 spiro atoms. The van der Waals surface area contributed by atoms with E-state index in [0.717, 1.165) is 12.0 Å². The lowest BCUT2D eigenvalue weighted by molar-refractivity contribution is -0.120. The zero-order chi connectivity index (χ0) is 23.4. The Labute approximate surface area is 196 Å². The molecule has 0 saturated carbocycles. The van der Waals surface area contributed by atoms with E-state index in [1.165, 1.54) is 23.6 Å². The van der Waals surface area contributed by atoms with Crippen LogP contribution in [0.4, 0.5) is 0 Å².